The van der Waals surface area contributed by atoms with Gasteiger partial charge in [0.1, 0.15) is 10.8 Å². The summed E-state index contributed by atoms with van der Waals surface area (Å²) in [5, 5.41) is 0. The molecule has 0 aromatic carbocycles. The van der Waals surface area contributed by atoms with Gasteiger partial charge in [0.25, 0.3) is 0 Å². The fraction of sp³-hybridized carbons (Fsp3) is 0.571. The molecule has 0 saturated carbocycles. The summed E-state index contributed by atoms with van der Waals surface area (Å²) in [6, 6.07) is 5.90. The molecule has 0 atom stereocenters. The number of pyridine rings is 1. The van der Waals surface area contributed by atoms with Gasteiger partial charge in [-0.25, -0.2) is 4.98 Å². The number of aromatic nitrogens is 1. The molecule has 4 heteroatoms. The van der Waals surface area contributed by atoms with Crippen molar-refractivity contribution in [3.63, 3.8) is 0 Å². The highest BCUT2D eigenvalue weighted by Crippen LogP contribution is 2.24. The molecule has 3 nitrogen and oxygen atoms in total. The number of hydrogen-bond donors (Lipinski definition) is 1. The molecule has 1 aliphatic heterocycles. The third kappa shape index (κ3) is 3.19. The molecule has 18 heavy (non-hydrogen) atoms. The number of piperidine rings is 1. The molecule has 0 aliphatic carbocycles. The van der Waals surface area contributed by atoms with Gasteiger partial charge < -0.3 is 10.6 Å². The highest BCUT2D eigenvalue weighted by atomic mass is 32.1. The Morgan fingerprint density at radius 1 is 1.44 bits per heavy atom. The van der Waals surface area contributed by atoms with Crippen molar-refractivity contribution in [2.45, 2.75) is 32.6 Å². The van der Waals surface area contributed by atoms with Gasteiger partial charge in [0.05, 0.1) is 5.69 Å². The minimum Gasteiger partial charge on any atom is -0.388 e. The molecule has 0 amide bonds. The van der Waals surface area contributed by atoms with Crippen LogP contribution < -0.4 is 10.6 Å². The van der Waals surface area contributed by atoms with Crippen LogP contribution in [-0.2, 0) is 0 Å². The quantitative estimate of drug-likeness (QED) is 0.848. The number of nitrogens with two attached hydrogens (primary N) is 1. The molecule has 1 aromatic heterocycles. The standard InChI is InChI=1S/C14H21N3S/c1-2-4-11-7-9-17(10-8-11)13-6-3-5-12(16-13)14(15)18/h3,5-6,11H,2,4,7-10H2,1H3,(H2,15,18). The van der Waals surface area contributed by atoms with Crippen LogP contribution in [0.4, 0.5) is 5.82 Å². The molecular weight excluding hydrogens is 242 g/mol. The summed E-state index contributed by atoms with van der Waals surface area (Å²) >= 11 is 4.97. The lowest BCUT2D eigenvalue weighted by molar-refractivity contribution is 0.377. The van der Waals surface area contributed by atoms with E-state index in [0.29, 0.717) is 4.99 Å². The topological polar surface area (TPSA) is 42.1 Å². The zero-order chi connectivity index (χ0) is 13.0. The Morgan fingerprint density at radius 2 is 2.17 bits per heavy atom. The molecule has 98 valence electrons. The van der Waals surface area contributed by atoms with E-state index in [0.717, 1.165) is 30.5 Å². The monoisotopic (exact) mass is 263 g/mol. The van der Waals surface area contributed by atoms with Gasteiger partial charge in [0.2, 0.25) is 0 Å². The first-order chi connectivity index (χ1) is 8.70. The average molecular weight is 263 g/mol. The zero-order valence-electron chi connectivity index (χ0n) is 10.9. The van der Waals surface area contributed by atoms with Crippen LogP contribution >= 0.6 is 12.2 Å². The number of thiocarbonyl (C=S) groups is 1. The first-order valence-corrected chi connectivity index (χ1v) is 7.13. The van der Waals surface area contributed by atoms with Crippen LogP contribution in [0.5, 0.6) is 0 Å². The number of nitrogens with zero attached hydrogens (tertiary/aromatic N) is 2. The van der Waals surface area contributed by atoms with E-state index < -0.39 is 0 Å². The Bertz CT molecular complexity index is 411. The Labute approximate surface area is 114 Å². The van der Waals surface area contributed by atoms with Crippen LogP contribution in [0.25, 0.3) is 0 Å². The van der Waals surface area contributed by atoms with Crippen molar-refractivity contribution in [1.82, 2.24) is 4.98 Å². The maximum absolute atomic E-state index is 5.62. The number of rotatable bonds is 4. The smallest absolute Gasteiger partial charge is 0.129 e. The summed E-state index contributed by atoms with van der Waals surface area (Å²) in [6.45, 7) is 4.45. The fourth-order valence-corrected chi connectivity index (χ4v) is 2.71. The molecule has 1 saturated heterocycles. The molecule has 2 heterocycles. The average Bonchev–Trinajstić information content (AvgIpc) is 2.40. The van der Waals surface area contributed by atoms with Gasteiger partial charge in [-0.2, -0.15) is 0 Å². The summed E-state index contributed by atoms with van der Waals surface area (Å²) in [5.74, 6) is 1.90. The molecule has 2 rings (SSSR count). The molecule has 1 aliphatic rings. The molecule has 0 unspecified atom stereocenters. The van der Waals surface area contributed by atoms with E-state index in [9.17, 15) is 0 Å². The van der Waals surface area contributed by atoms with Crippen LogP contribution in [0.15, 0.2) is 18.2 Å². The van der Waals surface area contributed by atoms with E-state index in [-0.39, 0.29) is 0 Å². The second-order valence-corrected chi connectivity index (χ2v) is 5.40. The lowest BCUT2D eigenvalue weighted by Gasteiger charge is -2.32. The van der Waals surface area contributed by atoms with Crippen LogP contribution in [0, 0.1) is 5.92 Å². The highest BCUT2D eigenvalue weighted by Gasteiger charge is 2.19. The molecule has 1 aromatic rings. The predicted octanol–water partition coefficient (Wildman–Crippen LogP) is 2.73. The summed E-state index contributed by atoms with van der Waals surface area (Å²) < 4.78 is 0. The van der Waals surface area contributed by atoms with E-state index >= 15 is 0 Å². The largest absolute Gasteiger partial charge is 0.388 e. The maximum atomic E-state index is 5.62. The molecule has 2 N–H and O–H groups in total. The second-order valence-electron chi connectivity index (χ2n) is 4.96. The van der Waals surface area contributed by atoms with Crippen molar-refractivity contribution in [1.29, 1.82) is 0 Å². The molecule has 0 radical (unpaired) electrons. The van der Waals surface area contributed by atoms with Crippen molar-refractivity contribution >= 4 is 23.0 Å². The molecular formula is C14H21N3S. The molecule has 0 bridgehead atoms. The van der Waals surface area contributed by atoms with E-state index in [2.05, 4.69) is 16.8 Å². The Balaban J connectivity index is 2.01. The lowest BCUT2D eigenvalue weighted by atomic mass is 9.92. The normalized spacial score (nSPS) is 16.8. The Hall–Kier alpha value is -1.16. The Morgan fingerprint density at radius 3 is 2.78 bits per heavy atom. The van der Waals surface area contributed by atoms with Gasteiger partial charge in [-0.15, -0.1) is 0 Å². The van der Waals surface area contributed by atoms with Gasteiger partial charge in [0, 0.05) is 13.1 Å². The van der Waals surface area contributed by atoms with Crippen LogP contribution in [-0.4, -0.2) is 23.1 Å². The van der Waals surface area contributed by atoms with Crippen LogP contribution in [0.3, 0.4) is 0 Å². The lowest BCUT2D eigenvalue weighted by Crippen LogP contribution is -2.34. The summed E-state index contributed by atoms with van der Waals surface area (Å²) in [5.41, 5.74) is 6.34. The maximum Gasteiger partial charge on any atom is 0.129 e. The summed E-state index contributed by atoms with van der Waals surface area (Å²) in [6.07, 6.45) is 5.19. The Kier molecular flexibility index (Phi) is 4.53. The minimum atomic E-state index is 0.373. The van der Waals surface area contributed by atoms with Crippen molar-refractivity contribution in [2.24, 2.45) is 11.7 Å². The number of anilines is 1. The van der Waals surface area contributed by atoms with E-state index in [4.69, 9.17) is 18.0 Å². The first kappa shape index (κ1) is 13.3. The zero-order valence-corrected chi connectivity index (χ0v) is 11.7. The second kappa shape index (κ2) is 6.14. The SMILES string of the molecule is CCCC1CCN(c2cccc(C(N)=S)n2)CC1. The number of hydrogen-bond acceptors (Lipinski definition) is 3. The van der Waals surface area contributed by atoms with E-state index in [1.54, 1.807) is 0 Å². The molecule has 1 fully saturated rings. The van der Waals surface area contributed by atoms with Gasteiger partial charge in [-0.3, -0.25) is 0 Å². The molecule has 0 spiro atoms. The van der Waals surface area contributed by atoms with Crippen LogP contribution in [0.1, 0.15) is 38.3 Å². The third-order valence-corrected chi connectivity index (χ3v) is 3.83. The fourth-order valence-electron chi connectivity index (χ4n) is 2.60. The summed E-state index contributed by atoms with van der Waals surface area (Å²) in [4.78, 5) is 7.24. The van der Waals surface area contributed by atoms with Crippen molar-refractivity contribution in [3.05, 3.63) is 23.9 Å². The predicted molar refractivity (Wildman–Crippen MR) is 80.0 cm³/mol. The first-order valence-electron chi connectivity index (χ1n) is 6.72. The van der Waals surface area contributed by atoms with Gasteiger partial charge in [-0.05, 0) is 30.9 Å². The van der Waals surface area contributed by atoms with Crippen LogP contribution in [0.2, 0.25) is 0 Å². The highest BCUT2D eigenvalue weighted by molar-refractivity contribution is 7.80. The van der Waals surface area contributed by atoms with E-state index in [1.807, 2.05) is 18.2 Å². The summed E-state index contributed by atoms with van der Waals surface area (Å²) in [7, 11) is 0. The van der Waals surface area contributed by atoms with Crippen molar-refractivity contribution in [3.8, 4) is 0 Å². The van der Waals surface area contributed by atoms with Gasteiger partial charge in [-0.1, -0.05) is 38.0 Å². The van der Waals surface area contributed by atoms with Crippen molar-refractivity contribution < 1.29 is 0 Å². The van der Waals surface area contributed by atoms with E-state index in [1.165, 1.54) is 25.7 Å². The van der Waals surface area contributed by atoms with Gasteiger partial charge >= 0.3 is 0 Å². The van der Waals surface area contributed by atoms with Crippen molar-refractivity contribution in [2.75, 3.05) is 18.0 Å². The minimum absolute atomic E-state index is 0.373. The van der Waals surface area contributed by atoms with Gasteiger partial charge in [0.15, 0.2) is 0 Å². The third-order valence-electron chi connectivity index (χ3n) is 3.62.